The van der Waals surface area contributed by atoms with Gasteiger partial charge in [0.25, 0.3) is 0 Å². The van der Waals surface area contributed by atoms with Crippen molar-refractivity contribution in [2.45, 2.75) is 26.3 Å². The first-order valence-corrected chi connectivity index (χ1v) is 7.71. The Morgan fingerprint density at radius 1 is 1.33 bits per heavy atom. The first-order chi connectivity index (χ1) is 10.0. The van der Waals surface area contributed by atoms with Gasteiger partial charge in [0.1, 0.15) is 0 Å². The lowest BCUT2D eigenvalue weighted by Crippen LogP contribution is -2.37. The monoisotopic (exact) mass is 293 g/mol. The van der Waals surface area contributed by atoms with E-state index < -0.39 is 0 Å². The van der Waals surface area contributed by atoms with Crippen LogP contribution in [0.3, 0.4) is 0 Å². The zero-order valence-electron chi connectivity index (χ0n) is 13.7. The number of anilines is 1. The van der Waals surface area contributed by atoms with E-state index in [0.717, 1.165) is 50.7 Å². The van der Waals surface area contributed by atoms with Crippen molar-refractivity contribution in [1.82, 2.24) is 19.4 Å². The van der Waals surface area contributed by atoms with E-state index >= 15 is 0 Å². The summed E-state index contributed by atoms with van der Waals surface area (Å²) in [5, 5.41) is 0. The molecule has 1 amide bonds. The highest BCUT2D eigenvalue weighted by Crippen LogP contribution is 2.14. The molecule has 0 radical (unpaired) electrons. The predicted octanol–water partition coefficient (Wildman–Crippen LogP) is 0.930. The molecule has 118 valence electrons. The maximum absolute atomic E-state index is 12.3. The minimum atomic E-state index is 0.254. The first kappa shape index (κ1) is 15.8. The second-order valence-electron chi connectivity index (χ2n) is 5.95. The van der Waals surface area contributed by atoms with Gasteiger partial charge >= 0.3 is 0 Å². The largest absolute Gasteiger partial charge is 0.348 e. The van der Waals surface area contributed by atoms with Crippen LogP contribution < -0.4 is 4.90 Å². The number of nitrogens with zero attached hydrogens (tertiary/aromatic N) is 5. The number of aromatic nitrogens is 2. The van der Waals surface area contributed by atoms with Crippen molar-refractivity contribution in [3.05, 3.63) is 11.9 Å². The van der Waals surface area contributed by atoms with E-state index in [-0.39, 0.29) is 5.91 Å². The summed E-state index contributed by atoms with van der Waals surface area (Å²) in [6.45, 7) is 6.15. The predicted molar refractivity (Wildman–Crippen MR) is 84.3 cm³/mol. The van der Waals surface area contributed by atoms with Gasteiger partial charge in [-0.25, -0.2) is 4.98 Å². The molecule has 0 unspecified atom stereocenters. The minimum absolute atomic E-state index is 0.254. The van der Waals surface area contributed by atoms with Crippen LogP contribution in [0.5, 0.6) is 0 Å². The van der Waals surface area contributed by atoms with Crippen LogP contribution in [0.2, 0.25) is 0 Å². The SMILES string of the molecule is CCCN1CCCN(Cc2cnc(N(C)C)n2C)CC1=O. The highest BCUT2D eigenvalue weighted by Gasteiger charge is 2.22. The van der Waals surface area contributed by atoms with Gasteiger partial charge in [-0.3, -0.25) is 9.69 Å². The molecule has 1 aromatic rings. The van der Waals surface area contributed by atoms with E-state index in [1.165, 1.54) is 0 Å². The lowest BCUT2D eigenvalue weighted by atomic mass is 10.3. The Hall–Kier alpha value is -1.56. The van der Waals surface area contributed by atoms with E-state index in [1.807, 2.05) is 37.1 Å². The van der Waals surface area contributed by atoms with Gasteiger partial charge in [-0.2, -0.15) is 0 Å². The quantitative estimate of drug-likeness (QED) is 0.810. The van der Waals surface area contributed by atoms with Crippen LogP contribution in [0.15, 0.2) is 6.20 Å². The molecule has 2 rings (SSSR count). The third-order valence-electron chi connectivity index (χ3n) is 3.95. The van der Waals surface area contributed by atoms with Crippen LogP contribution >= 0.6 is 0 Å². The molecule has 2 heterocycles. The number of hydrogen-bond acceptors (Lipinski definition) is 4. The van der Waals surface area contributed by atoms with E-state index in [1.54, 1.807) is 0 Å². The summed E-state index contributed by atoms with van der Waals surface area (Å²) < 4.78 is 2.10. The number of carbonyl (C=O) groups excluding carboxylic acids is 1. The molecule has 6 nitrogen and oxygen atoms in total. The van der Waals surface area contributed by atoms with E-state index in [4.69, 9.17) is 0 Å². The van der Waals surface area contributed by atoms with Gasteiger partial charge in [-0.1, -0.05) is 6.92 Å². The van der Waals surface area contributed by atoms with Gasteiger partial charge in [0, 0.05) is 47.3 Å². The Bertz CT molecular complexity index is 482. The molecule has 0 aromatic carbocycles. The van der Waals surface area contributed by atoms with Crippen LogP contribution in [0.25, 0.3) is 0 Å². The highest BCUT2D eigenvalue weighted by molar-refractivity contribution is 5.78. The molecule has 0 aliphatic carbocycles. The van der Waals surface area contributed by atoms with Crippen LogP contribution in [0, 0.1) is 0 Å². The molecule has 1 aliphatic rings. The lowest BCUT2D eigenvalue weighted by Gasteiger charge is -2.21. The van der Waals surface area contributed by atoms with Crippen LogP contribution in [-0.4, -0.2) is 65.5 Å². The molecule has 0 saturated carbocycles. The van der Waals surface area contributed by atoms with Crippen molar-refractivity contribution < 1.29 is 4.79 Å². The van der Waals surface area contributed by atoms with Gasteiger partial charge in [-0.15, -0.1) is 0 Å². The molecular formula is C15H27N5O. The summed E-state index contributed by atoms with van der Waals surface area (Å²) in [7, 11) is 6.01. The topological polar surface area (TPSA) is 44.6 Å². The average Bonchev–Trinajstić information content (AvgIpc) is 2.69. The Labute approximate surface area is 127 Å². The van der Waals surface area contributed by atoms with E-state index in [9.17, 15) is 4.79 Å². The number of rotatable bonds is 5. The van der Waals surface area contributed by atoms with Gasteiger partial charge in [-0.05, 0) is 12.8 Å². The molecule has 0 bridgehead atoms. The third kappa shape index (κ3) is 3.75. The number of amides is 1. The molecule has 0 atom stereocenters. The van der Waals surface area contributed by atoms with Crippen molar-refractivity contribution in [3.8, 4) is 0 Å². The summed E-state index contributed by atoms with van der Waals surface area (Å²) in [4.78, 5) is 22.9. The number of hydrogen-bond donors (Lipinski definition) is 0. The maximum atomic E-state index is 12.3. The van der Waals surface area contributed by atoms with Gasteiger partial charge < -0.3 is 14.4 Å². The first-order valence-electron chi connectivity index (χ1n) is 7.71. The summed E-state index contributed by atoms with van der Waals surface area (Å²) in [6.07, 6.45) is 3.98. The molecule has 6 heteroatoms. The van der Waals surface area contributed by atoms with Crippen molar-refractivity contribution in [1.29, 1.82) is 0 Å². The number of imidazole rings is 1. The fourth-order valence-electron chi connectivity index (χ4n) is 2.85. The van der Waals surface area contributed by atoms with Gasteiger partial charge in [0.05, 0.1) is 18.4 Å². The molecule has 1 aliphatic heterocycles. The van der Waals surface area contributed by atoms with Crippen molar-refractivity contribution >= 4 is 11.9 Å². The third-order valence-corrected chi connectivity index (χ3v) is 3.95. The minimum Gasteiger partial charge on any atom is -0.348 e. The Morgan fingerprint density at radius 3 is 2.71 bits per heavy atom. The second kappa shape index (κ2) is 6.93. The molecule has 1 fully saturated rings. The fraction of sp³-hybridized carbons (Fsp3) is 0.733. The molecule has 0 N–H and O–H groups in total. The van der Waals surface area contributed by atoms with Crippen LogP contribution in [0.4, 0.5) is 5.95 Å². The van der Waals surface area contributed by atoms with Gasteiger partial charge in [0.2, 0.25) is 11.9 Å². The summed E-state index contributed by atoms with van der Waals surface area (Å²) >= 11 is 0. The zero-order chi connectivity index (χ0) is 15.4. The Morgan fingerprint density at radius 2 is 2.10 bits per heavy atom. The van der Waals surface area contributed by atoms with E-state index in [0.29, 0.717) is 6.54 Å². The summed E-state index contributed by atoms with van der Waals surface area (Å²) in [5.41, 5.74) is 1.15. The molecule has 21 heavy (non-hydrogen) atoms. The van der Waals surface area contributed by atoms with Crippen LogP contribution in [0.1, 0.15) is 25.5 Å². The molecule has 0 spiro atoms. The second-order valence-corrected chi connectivity index (χ2v) is 5.95. The normalized spacial score (nSPS) is 17.1. The molecular weight excluding hydrogens is 266 g/mol. The van der Waals surface area contributed by atoms with Crippen molar-refractivity contribution in [3.63, 3.8) is 0 Å². The maximum Gasteiger partial charge on any atom is 0.236 e. The number of carbonyl (C=O) groups is 1. The molecule has 1 saturated heterocycles. The lowest BCUT2D eigenvalue weighted by molar-refractivity contribution is -0.131. The Kier molecular flexibility index (Phi) is 5.22. The zero-order valence-corrected chi connectivity index (χ0v) is 13.7. The van der Waals surface area contributed by atoms with E-state index in [2.05, 4.69) is 21.4 Å². The Balaban J connectivity index is 2.01. The smallest absolute Gasteiger partial charge is 0.236 e. The van der Waals surface area contributed by atoms with Crippen molar-refractivity contribution in [2.24, 2.45) is 7.05 Å². The van der Waals surface area contributed by atoms with Crippen LogP contribution in [-0.2, 0) is 18.4 Å². The molecule has 1 aromatic heterocycles. The standard InChI is InChI=1S/C15H27N5O/c1-5-7-20-9-6-8-19(12-14(20)21)11-13-10-16-15(17(2)3)18(13)4/h10H,5-9,11-12H2,1-4H3. The highest BCUT2D eigenvalue weighted by atomic mass is 16.2. The summed E-state index contributed by atoms with van der Waals surface area (Å²) in [5.74, 6) is 1.20. The van der Waals surface area contributed by atoms with Crippen molar-refractivity contribution in [2.75, 3.05) is 45.2 Å². The fourth-order valence-corrected chi connectivity index (χ4v) is 2.85. The summed E-state index contributed by atoms with van der Waals surface area (Å²) in [6, 6.07) is 0. The van der Waals surface area contributed by atoms with Gasteiger partial charge in [0.15, 0.2) is 0 Å². The average molecular weight is 293 g/mol.